The van der Waals surface area contributed by atoms with Gasteiger partial charge in [-0.05, 0) is 12.1 Å². The molecule has 0 saturated carbocycles. The van der Waals surface area contributed by atoms with E-state index in [0.29, 0.717) is 0 Å². The van der Waals surface area contributed by atoms with Gasteiger partial charge in [-0.2, -0.15) is 0 Å². The van der Waals surface area contributed by atoms with E-state index in [0.717, 1.165) is 0 Å². The first-order valence-corrected chi connectivity index (χ1v) is 6.15. The molecule has 2 rings (SSSR count). The average molecular weight is 378 g/mol. The van der Waals surface area contributed by atoms with Gasteiger partial charge < -0.3 is 4.74 Å². The van der Waals surface area contributed by atoms with Crippen LogP contribution < -0.4 is 0 Å². The highest BCUT2D eigenvalue weighted by molar-refractivity contribution is 5.25. The largest absolute Gasteiger partial charge is 0.305 e. The van der Waals surface area contributed by atoms with Crippen LogP contribution in [-0.4, -0.2) is 0 Å². The zero-order chi connectivity index (χ0) is 19.0. The zero-order valence-electron chi connectivity index (χ0n) is 11.5. The van der Waals surface area contributed by atoms with Gasteiger partial charge in [-0.1, -0.05) is 0 Å². The summed E-state index contributed by atoms with van der Waals surface area (Å²) >= 11 is 0. The maximum absolute atomic E-state index is 13.7. The van der Waals surface area contributed by atoms with Crippen molar-refractivity contribution in [3.05, 3.63) is 69.8 Å². The van der Waals surface area contributed by atoms with E-state index >= 15 is 0 Å². The molecule has 2 atom stereocenters. The fourth-order valence-corrected chi connectivity index (χ4v) is 1.76. The summed E-state index contributed by atoms with van der Waals surface area (Å²) in [6, 6.07) is -0.402. The lowest BCUT2D eigenvalue weighted by Gasteiger charge is -2.16. The SMILES string of the molecule is Fc1cc(C(F)OC(F)c2cc(F)c(F)c(F)c2F)c(F)c(F)c1F. The first-order valence-electron chi connectivity index (χ1n) is 6.15. The van der Waals surface area contributed by atoms with Crippen molar-refractivity contribution in [1.82, 2.24) is 0 Å². The highest BCUT2D eigenvalue weighted by atomic mass is 19.2. The molecule has 0 amide bonds. The van der Waals surface area contributed by atoms with Gasteiger partial charge in [-0.15, -0.1) is 0 Å². The lowest BCUT2D eigenvalue weighted by molar-refractivity contribution is -0.148. The highest BCUT2D eigenvalue weighted by Crippen LogP contribution is 2.34. The van der Waals surface area contributed by atoms with Crippen LogP contribution in [0.1, 0.15) is 23.8 Å². The van der Waals surface area contributed by atoms with Gasteiger partial charge in [0, 0.05) is 0 Å². The maximum atomic E-state index is 13.7. The smallest absolute Gasteiger partial charge is 0.231 e. The molecular weight excluding hydrogens is 374 g/mol. The summed E-state index contributed by atoms with van der Waals surface area (Å²) in [6.07, 6.45) is -6.65. The number of benzene rings is 2. The molecule has 136 valence electrons. The number of hydrogen-bond donors (Lipinski definition) is 0. The van der Waals surface area contributed by atoms with Crippen LogP contribution in [0.3, 0.4) is 0 Å². The Kier molecular flexibility index (Phi) is 5.26. The second kappa shape index (κ2) is 6.90. The molecule has 0 aromatic heterocycles. The predicted octanol–water partition coefficient (Wildman–Crippen LogP) is 5.45. The van der Waals surface area contributed by atoms with Crippen molar-refractivity contribution in [3.63, 3.8) is 0 Å². The average Bonchev–Trinajstić information content (AvgIpc) is 2.57. The van der Waals surface area contributed by atoms with E-state index in [1.165, 1.54) is 0 Å². The maximum Gasteiger partial charge on any atom is 0.231 e. The number of hydrogen-bond acceptors (Lipinski definition) is 1. The Morgan fingerprint density at radius 2 is 0.840 bits per heavy atom. The third-order valence-corrected chi connectivity index (χ3v) is 2.99. The van der Waals surface area contributed by atoms with E-state index < -0.39 is 70.4 Å². The van der Waals surface area contributed by atoms with Crippen LogP contribution in [0.15, 0.2) is 12.1 Å². The minimum Gasteiger partial charge on any atom is -0.305 e. The van der Waals surface area contributed by atoms with Gasteiger partial charge in [0.1, 0.15) is 0 Å². The molecule has 0 aliphatic carbocycles. The second-order valence-corrected chi connectivity index (χ2v) is 4.55. The molecule has 0 radical (unpaired) electrons. The molecule has 0 heterocycles. The normalized spacial score (nSPS) is 13.8. The Balaban J connectivity index is 2.35. The van der Waals surface area contributed by atoms with E-state index in [1.54, 1.807) is 0 Å². The van der Waals surface area contributed by atoms with Crippen molar-refractivity contribution >= 4 is 0 Å². The summed E-state index contributed by atoms with van der Waals surface area (Å²) in [4.78, 5) is 0. The lowest BCUT2D eigenvalue weighted by atomic mass is 10.1. The van der Waals surface area contributed by atoms with Crippen molar-refractivity contribution < 1.29 is 48.6 Å². The summed E-state index contributed by atoms with van der Waals surface area (Å²) in [5.41, 5.74) is -3.27. The molecule has 1 nitrogen and oxygen atoms in total. The summed E-state index contributed by atoms with van der Waals surface area (Å²) < 4.78 is 135. The zero-order valence-corrected chi connectivity index (χ0v) is 11.5. The fourth-order valence-electron chi connectivity index (χ4n) is 1.76. The molecule has 0 aliphatic heterocycles. The molecule has 25 heavy (non-hydrogen) atoms. The van der Waals surface area contributed by atoms with E-state index in [9.17, 15) is 43.9 Å². The van der Waals surface area contributed by atoms with Gasteiger partial charge >= 0.3 is 0 Å². The van der Waals surface area contributed by atoms with E-state index in [4.69, 9.17) is 0 Å². The molecule has 11 heteroatoms. The molecule has 0 spiro atoms. The second-order valence-electron chi connectivity index (χ2n) is 4.55. The van der Waals surface area contributed by atoms with Gasteiger partial charge in [0.05, 0.1) is 11.1 Å². The Bertz CT molecular complexity index is 755. The molecule has 2 unspecified atom stereocenters. The minimum atomic E-state index is -3.32. The first kappa shape index (κ1) is 19.0. The summed E-state index contributed by atoms with van der Waals surface area (Å²) in [6.45, 7) is 0. The molecule has 0 bridgehead atoms. The van der Waals surface area contributed by atoms with E-state index in [1.807, 2.05) is 0 Å². The van der Waals surface area contributed by atoms with Gasteiger partial charge in [0.15, 0.2) is 46.5 Å². The number of halogens is 10. The molecule has 0 fully saturated rings. The van der Waals surface area contributed by atoms with Crippen molar-refractivity contribution in [3.8, 4) is 0 Å². The quantitative estimate of drug-likeness (QED) is 0.391. The molecule has 2 aromatic rings. The molecule has 2 aromatic carbocycles. The molecular formula is C14H4F10O. The van der Waals surface area contributed by atoms with E-state index in [2.05, 4.69) is 4.74 Å². The summed E-state index contributed by atoms with van der Waals surface area (Å²) in [5, 5.41) is 0. The van der Waals surface area contributed by atoms with Crippen molar-refractivity contribution in [2.45, 2.75) is 12.7 Å². The van der Waals surface area contributed by atoms with Crippen LogP contribution in [0.25, 0.3) is 0 Å². The molecule has 0 saturated heterocycles. The summed E-state index contributed by atoms with van der Waals surface area (Å²) in [5.74, 6) is -18.0. The Labute approximate surface area is 132 Å². The Morgan fingerprint density at radius 3 is 1.16 bits per heavy atom. The number of alkyl halides is 2. The highest BCUT2D eigenvalue weighted by Gasteiger charge is 2.30. The van der Waals surface area contributed by atoms with Crippen LogP contribution in [0, 0.1) is 46.5 Å². The predicted molar refractivity (Wildman–Crippen MR) is 61.3 cm³/mol. The van der Waals surface area contributed by atoms with E-state index in [-0.39, 0.29) is 12.1 Å². The fraction of sp³-hybridized carbons (Fsp3) is 0.143. The topological polar surface area (TPSA) is 9.23 Å². The van der Waals surface area contributed by atoms with Crippen molar-refractivity contribution in [2.24, 2.45) is 0 Å². The standard InChI is InChI=1S/C14H4F10O/c15-5-1-3(7(17)11(21)9(5)19)13(23)25-14(24)4-2-6(16)10(20)12(22)8(4)18/h1-2,13-14H. The molecule has 0 N–H and O–H groups in total. The third-order valence-electron chi connectivity index (χ3n) is 2.99. The summed E-state index contributed by atoms with van der Waals surface area (Å²) in [7, 11) is 0. The van der Waals surface area contributed by atoms with Crippen LogP contribution >= 0.6 is 0 Å². The number of rotatable bonds is 4. The van der Waals surface area contributed by atoms with Crippen LogP contribution in [-0.2, 0) is 4.74 Å². The van der Waals surface area contributed by atoms with Crippen LogP contribution in [0.5, 0.6) is 0 Å². The van der Waals surface area contributed by atoms with Crippen LogP contribution in [0.4, 0.5) is 43.9 Å². The van der Waals surface area contributed by atoms with Gasteiger partial charge in [-0.3, -0.25) is 0 Å². The lowest BCUT2D eigenvalue weighted by Crippen LogP contribution is -2.11. The minimum absolute atomic E-state index is 0.201. The van der Waals surface area contributed by atoms with Gasteiger partial charge in [0.25, 0.3) is 0 Å². The number of ether oxygens (including phenoxy) is 1. The Morgan fingerprint density at radius 1 is 0.520 bits per heavy atom. The van der Waals surface area contributed by atoms with Gasteiger partial charge in [0.2, 0.25) is 12.7 Å². The van der Waals surface area contributed by atoms with Gasteiger partial charge in [-0.25, -0.2) is 43.9 Å². The Hall–Kier alpha value is -2.30. The molecule has 0 aliphatic rings. The van der Waals surface area contributed by atoms with Crippen LogP contribution in [0.2, 0.25) is 0 Å². The van der Waals surface area contributed by atoms with Crippen molar-refractivity contribution in [1.29, 1.82) is 0 Å². The first-order chi connectivity index (χ1) is 11.6. The third kappa shape index (κ3) is 3.41. The monoisotopic (exact) mass is 378 g/mol. The van der Waals surface area contributed by atoms with Crippen molar-refractivity contribution in [2.75, 3.05) is 0 Å².